The van der Waals surface area contributed by atoms with Crippen molar-refractivity contribution in [3.8, 4) is 5.75 Å². The van der Waals surface area contributed by atoms with Crippen LogP contribution in [-0.2, 0) is 17.6 Å². The second-order valence-electron chi connectivity index (χ2n) is 3.96. The third kappa shape index (κ3) is 3.56. The smallest absolute Gasteiger partial charge is 0.303 e. The van der Waals surface area contributed by atoms with Crippen molar-refractivity contribution in [1.29, 1.82) is 0 Å². The molecule has 1 heterocycles. The highest BCUT2D eigenvalue weighted by Gasteiger charge is 2.05. The minimum atomic E-state index is -0.794. The van der Waals surface area contributed by atoms with E-state index < -0.39 is 5.97 Å². The second-order valence-corrected chi connectivity index (χ2v) is 5.16. The van der Waals surface area contributed by atoms with Crippen LogP contribution in [0.3, 0.4) is 0 Å². The summed E-state index contributed by atoms with van der Waals surface area (Å²) in [5, 5.41) is 18.9. The maximum Gasteiger partial charge on any atom is 0.303 e. The molecule has 0 bridgehead atoms. The number of aromatic nitrogens is 1. The van der Waals surface area contributed by atoms with Gasteiger partial charge in [-0.15, -0.1) is 11.3 Å². The van der Waals surface area contributed by atoms with Gasteiger partial charge in [0.15, 0.2) is 0 Å². The Bertz CT molecular complexity index is 551. The molecule has 0 spiro atoms. The molecule has 0 unspecified atom stereocenters. The molecule has 0 aliphatic heterocycles. The van der Waals surface area contributed by atoms with E-state index in [1.165, 1.54) is 11.3 Å². The highest BCUT2D eigenvalue weighted by Crippen LogP contribution is 2.20. The Hall–Kier alpha value is -1.88. The quantitative estimate of drug-likeness (QED) is 0.869. The maximum atomic E-state index is 10.5. The van der Waals surface area contributed by atoms with E-state index in [2.05, 4.69) is 4.98 Å². The molecule has 5 heteroatoms. The lowest BCUT2D eigenvalue weighted by Crippen LogP contribution is -1.95. The lowest BCUT2D eigenvalue weighted by molar-refractivity contribution is -0.136. The normalized spacial score (nSPS) is 10.4. The van der Waals surface area contributed by atoms with Crippen LogP contribution in [0, 0.1) is 0 Å². The number of aliphatic carboxylic acids is 1. The van der Waals surface area contributed by atoms with Gasteiger partial charge in [-0.3, -0.25) is 4.79 Å². The van der Waals surface area contributed by atoms with Gasteiger partial charge in [-0.05, 0) is 24.1 Å². The second kappa shape index (κ2) is 5.64. The monoisotopic (exact) mass is 263 g/mol. The van der Waals surface area contributed by atoms with Crippen molar-refractivity contribution in [3.05, 3.63) is 45.9 Å². The molecule has 0 fully saturated rings. The minimum Gasteiger partial charge on any atom is -0.508 e. The highest BCUT2D eigenvalue weighted by molar-refractivity contribution is 7.11. The first-order valence-corrected chi connectivity index (χ1v) is 6.38. The molecule has 94 valence electrons. The fourth-order valence-electron chi connectivity index (χ4n) is 1.62. The standard InChI is InChI=1S/C13H13NO3S/c15-10-3-1-2-9(6-10)7-12-14-8-11(18-12)4-5-13(16)17/h1-3,6,8,15H,4-5,7H2,(H,16,17). The predicted molar refractivity (Wildman–Crippen MR) is 69.0 cm³/mol. The van der Waals surface area contributed by atoms with Crippen molar-refractivity contribution < 1.29 is 15.0 Å². The first kappa shape index (κ1) is 12.6. The number of aromatic hydroxyl groups is 1. The SMILES string of the molecule is O=C(O)CCc1cnc(Cc2cccc(O)c2)s1. The van der Waals surface area contributed by atoms with E-state index in [1.54, 1.807) is 24.4 Å². The Morgan fingerprint density at radius 3 is 2.94 bits per heavy atom. The van der Waals surface area contributed by atoms with Crippen molar-refractivity contribution in [2.45, 2.75) is 19.3 Å². The molecule has 0 amide bonds. The summed E-state index contributed by atoms with van der Waals surface area (Å²) in [5.74, 6) is -0.548. The number of aryl methyl sites for hydroxylation is 1. The molecule has 0 saturated carbocycles. The lowest BCUT2D eigenvalue weighted by Gasteiger charge is -1.98. The number of nitrogens with zero attached hydrogens (tertiary/aromatic N) is 1. The average molecular weight is 263 g/mol. The number of hydrogen-bond donors (Lipinski definition) is 2. The molecule has 0 aliphatic carbocycles. The molecule has 0 aliphatic rings. The summed E-state index contributed by atoms with van der Waals surface area (Å²) >= 11 is 1.52. The zero-order valence-corrected chi connectivity index (χ0v) is 10.5. The third-order valence-corrected chi connectivity index (χ3v) is 3.51. The van der Waals surface area contributed by atoms with Crippen LogP contribution in [0.25, 0.3) is 0 Å². The Balaban J connectivity index is 2.00. The van der Waals surface area contributed by atoms with Gasteiger partial charge in [0, 0.05) is 17.5 Å². The number of thiazole rings is 1. The highest BCUT2D eigenvalue weighted by atomic mass is 32.1. The topological polar surface area (TPSA) is 70.4 Å². The van der Waals surface area contributed by atoms with Gasteiger partial charge in [-0.1, -0.05) is 12.1 Å². The summed E-state index contributed by atoms with van der Waals surface area (Å²) in [7, 11) is 0. The van der Waals surface area contributed by atoms with Gasteiger partial charge in [0.2, 0.25) is 0 Å². The third-order valence-electron chi connectivity index (χ3n) is 2.45. The fraction of sp³-hybridized carbons (Fsp3) is 0.231. The molecule has 0 atom stereocenters. The van der Waals surface area contributed by atoms with Gasteiger partial charge in [-0.2, -0.15) is 0 Å². The van der Waals surface area contributed by atoms with Crippen LogP contribution < -0.4 is 0 Å². The number of phenols is 1. The van der Waals surface area contributed by atoms with Crippen molar-refractivity contribution in [1.82, 2.24) is 4.98 Å². The van der Waals surface area contributed by atoms with Crippen molar-refractivity contribution in [2.75, 3.05) is 0 Å². The van der Waals surface area contributed by atoms with E-state index in [9.17, 15) is 9.90 Å². The van der Waals surface area contributed by atoms with Gasteiger partial charge in [0.1, 0.15) is 5.75 Å². The summed E-state index contributed by atoms with van der Waals surface area (Å²) < 4.78 is 0. The molecule has 0 saturated heterocycles. The molecular formula is C13H13NO3S. The van der Waals surface area contributed by atoms with Crippen LogP contribution >= 0.6 is 11.3 Å². The number of carboxylic acid groups (broad SMARTS) is 1. The molecule has 2 aromatic rings. The van der Waals surface area contributed by atoms with Crippen LogP contribution in [0.15, 0.2) is 30.5 Å². The zero-order chi connectivity index (χ0) is 13.0. The van der Waals surface area contributed by atoms with Crippen LogP contribution in [-0.4, -0.2) is 21.2 Å². The van der Waals surface area contributed by atoms with E-state index in [4.69, 9.17) is 5.11 Å². The number of benzene rings is 1. The summed E-state index contributed by atoms with van der Waals surface area (Å²) in [5.41, 5.74) is 0.995. The van der Waals surface area contributed by atoms with E-state index in [1.807, 2.05) is 6.07 Å². The molecule has 1 aromatic carbocycles. The Labute approximate surface area is 109 Å². The Morgan fingerprint density at radius 1 is 1.39 bits per heavy atom. The number of carboxylic acids is 1. The van der Waals surface area contributed by atoms with Gasteiger partial charge in [0.05, 0.1) is 11.4 Å². The number of carbonyl (C=O) groups is 1. The van der Waals surface area contributed by atoms with Gasteiger partial charge < -0.3 is 10.2 Å². The van der Waals surface area contributed by atoms with Crippen LogP contribution in [0.5, 0.6) is 5.75 Å². The van der Waals surface area contributed by atoms with Crippen molar-refractivity contribution in [3.63, 3.8) is 0 Å². The Morgan fingerprint density at radius 2 is 2.22 bits per heavy atom. The molecule has 18 heavy (non-hydrogen) atoms. The summed E-state index contributed by atoms with van der Waals surface area (Å²) in [6.45, 7) is 0. The van der Waals surface area contributed by atoms with E-state index in [0.717, 1.165) is 15.4 Å². The number of rotatable bonds is 5. The maximum absolute atomic E-state index is 10.5. The van der Waals surface area contributed by atoms with Gasteiger partial charge >= 0.3 is 5.97 Å². The molecule has 2 N–H and O–H groups in total. The average Bonchev–Trinajstić information content (AvgIpc) is 2.74. The molecule has 0 radical (unpaired) electrons. The molecule has 4 nitrogen and oxygen atoms in total. The minimum absolute atomic E-state index is 0.133. The largest absolute Gasteiger partial charge is 0.508 e. The lowest BCUT2D eigenvalue weighted by atomic mass is 10.1. The van der Waals surface area contributed by atoms with Gasteiger partial charge in [-0.25, -0.2) is 4.98 Å². The summed E-state index contributed by atoms with van der Waals surface area (Å²) in [4.78, 5) is 15.7. The molecular weight excluding hydrogens is 250 g/mol. The zero-order valence-electron chi connectivity index (χ0n) is 9.67. The predicted octanol–water partition coefficient (Wildman–Crippen LogP) is 2.46. The molecule has 2 rings (SSSR count). The van der Waals surface area contributed by atoms with Crippen LogP contribution in [0.4, 0.5) is 0 Å². The van der Waals surface area contributed by atoms with E-state index >= 15 is 0 Å². The number of phenolic OH excluding ortho intramolecular Hbond substituents is 1. The molecule has 1 aromatic heterocycles. The van der Waals surface area contributed by atoms with Crippen LogP contribution in [0.1, 0.15) is 21.9 Å². The fourth-order valence-corrected chi connectivity index (χ4v) is 2.57. The van der Waals surface area contributed by atoms with Gasteiger partial charge in [0.25, 0.3) is 0 Å². The first-order valence-electron chi connectivity index (χ1n) is 5.57. The Kier molecular flexibility index (Phi) is 3.94. The van der Waals surface area contributed by atoms with Crippen LogP contribution in [0.2, 0.25) is 0 Å². The van der Waals surface area contributed by atoms with Crippen molar-refractivity contribution >= 4 is 17.3 Å². The number of hydrogen-bond acceptors (Lipinski definition) is 4. The first-order chi connectivity index (χ1) is 8.63. The summed E-state index contributed by atoms with van der Waals surface area (Å²) in [6.07, 6.45) is 3.04. The van der Waals surface area contributed by atoms with E-state index in [-0.39, 0.29) is 12.2 Å². The van der Waals surface area contributed by atoms with Crippen molar-refractivity contribution in [2.24, 2.45) is 0 Å². The van der Waals surface area contributed by atoms with E-state index in [0.29, 0.717) is 12.8 Å². The summed E-state index contributed by atoms with van der Waals surface area (Å²) in [6, 6.07) is 7.06.